The van der Waals surface area contributed by atoms with Crippen LogP contribution in [0.5, 0.6) is 0 Å². The Kier molecular flexibility index (Phi) is 2.04. The molecule has 1 rings (SSSR count). The van der Waals surface area contributed by atoms with Crippen molar-refractivity contribution in [3.05, 3.63) is 11.8 Å². The normalized spacial score (nSPS) is 10.8. The molecule has 0 saturated heterocycles. The van der Waals surface area contributed by atoms with Gasteiger partial charge in [0, 0.05) is 12.3 Å². The van der Waals surface area contributed by atoms with Crippen LogP contribution in [-0.2, 0) is 6.42 Å². The second-order valence-corrected chi connectivity index (χ2v) is 2.54. The third-order valence-corrected chi connectivity index (χ3v) is 1.28. The molecule has 0 bridgehead atoms. The van der Waals surface area contributed by atoms with E-state index < -0.39 is 0 Å². The lowest BCUT2D eigenvalue weighted by atomic mass is 10.2. The Hall–Kier alpha value is -0.860. The Balaban J connectivity index is 2.78. The highest BCUT2D eigenvalue weighted by atomic mass is 16.4. The van der Waals surface area contributed by atoms with Gasteiger partial charge in [-0.15, -0.1) is 10.2 Å². The van der Waals surface area contributed by atoms with E-state index in [0.29, 0.717) is 5.92 Å². The summed E-state index contributed by atoms with van der Waals surface area (Å²) in [6.07, 6.45) is 0.819. The van der Waals surface area contributed by atoms with Gasteiger partial charge in [0.25, 0.3) is 0 Å². The van der Waals surface area contributed by atoms with Gasteiger partial charge >= 0.3 is 0 Å². The van der Waals surface area contributed by atoms with Crippen molar-refractivity contribution in [2.24, 2.45) is 0 Å². The van der Waals surface area contributed by atoms with Crippen LogP contribution in [0, 0.1) is 0 Å². The molecule has 1 heterocycles. The first-order chi connectivity index (χ1) is 4.74. The van der Waals surface area contributed by atoms with Gasteiger partial charge < -0.3 is 4.42 Å². The van der Waals surface area contributed by atoms with Gasteiger partial charge in [-0.05, 0) is 0 Å². The summed E-state index contributed by atoms with van der Waals surface area (Å²) >= 11 is 0. The van der Waals surface area contributed by atoms with Crippen molar-refractivity contribution in [2.75, 3.05) is 0 Å². The molecule has 1 aromatic heterocycles. The topological polar surface area (TPSA) is 38.9 Å². The maximum atomic E-state index is 5.27. The molecule has 0 atom stereocenters. The summed E-state index contributed by atoms with van der Waals surface area (Å²) in [5.41, 5.74) is 0. The summed E-state index contributed by atoms with van der Waals surface area (Å²) in [7, 11) is 0. The maximum Gasteiger partial charge on any atom is 0.219 e. The molecule has 0 unspecified atom stereocenters. The van der Waals surface area contributed by atoms with Crippen LogP contribution in [0.4, 0.5) is 0 Å². The zero-order valence-corrected chi connectivity index (χ0v) is 6.59. The molecule has 0 aromatic carbocycles. The standard InChI is InChI=1S/C7H12N2O/c1-4-6-8-9-7(10-6)5(2)3/h5H,4H2,1-3H3. The van der Waals surface area contributed by atoms with E-state index in [4.69, 9.17) is 4.42 Å². The average molecular weight is 140 g/mol. The summed E-state index contributed by atoms with van der Waals surface area (Å²) in [4.78, 5) is 0. The summed E-state index contributed by atoms with van der Waals surface area (Å²) < 4.78 is 5.27. The molecule has 0 aliphatic heterocycles. The van der Waals surface area contributed by atoms with Crippen LogP contribution in [0.15, 0.2) is 4.42 Å². The van der Waals surface area contributed by atoms with Gasteiger partial charge in [0.1, 0.15) is 0 Å². The number of hydrogen-bond donors (Lipinski definition) is 0. The van der Waals surface area contributed by atoms with Crippen molar-refractivity contribution in [1.29, 1.82) is 0 Å². The van der Waals surface area contributed by atoms with Gasteiger partial charge in [0.2, 0.25) is 11.8 Å². The molecule has 0 fully saturated rings. The van der Waals surface area contributed by atoms with Crippen molar-refractivity contribution < 1.29 is 4.42 Å². The van der Waals surface area contributed by atoms with Gasteiger partial charge in [-0.1, -0.05) is 20.8 Å². The molecule has 0 amide bonds. The van der Waals surface area contributed by atoms with Gasteiger partial charge in [-0.25, -0.2) is 0 Å². The Morgan fingerprint density at radius 2 is 2.10 bits per heavy atom. The molecule has 0 N–H and O–H groups in total. The van der Waals surface area contributed by atoms with Crippen LogP contribution in [0.3, 0.4) is 0 Å². The highest BCUT2D eigenvalue weighted by Crippen LogP contribution is 2.11. The van der Waals surface area contributed by atoms with E-state index >= 15 is 0 Å². The lowest BCUT2D eigenvalue weighted by molar-refractivity contribution is 0.436. The predicted molar refractivity (Wildman–Crippen MR) is 37.8 cm³/mol. The third kappa shape index (κ3) is 1.35. The van der Waals surface area contributed by atoms with Crippen LogP contribution in [0.25, 0.3) is 0 Å². The molecule has 3 heteroatoms. The third-order valence-electron chi connectivity index (χ3n) is 1.28. The van der Waals surface area contributed by atoms with Crippen LogP contribution < -0.4 is 0 Å². The monoisotopic (exact) mass is 140 g/mol. The molecule has 0 aliphatic rings. The van der Waals surface area contributed by atoms with E-state index in [2.05, 4.69) is 10.2 Å². The predicted octanol–water partition coefficient (Wildman–Crippen LogP) is 1.76. The summed E-state index contributed by atoms with van der Waals surface area (Å²) in [6, 6.07) is 0. The number of aryl methyl sites for hydroxylation is 1. The SMILES string of the molecule is CCc1nnc(C(C)C)o1. The summed E-state index contributed by atoms with van der Waals surface area (Å²) in [6.45, 7) is 6.07. The van der Waals surface area contributed by atoms with Gasteiger partial charge in [-0.3, -0.25) is 0 Å². The van der Waals surface area contributed by atoms with Crippen molar-refractivity contribution in [3.8, 4) is 0 Å². The number of hydrogen-bond acceptors (Lipinski definition) is 3. The average Bonchev–Trinajstić information content (AvgIpc) is 2.34. The Labute approximate surface area is 60.5 Å². The van der Waals surface area contributed by atoms with Crippen LogP contribution in [0.2, 0.25) is 0 Å². The van der Waals surface area contributed by atoms with E-state index in [1.807, 2.05) is 20.8 Å². The second kappa shape index (κ2) is 2.82. The smallest absolute Gasteiger partial charge is 0.219 e. The highest BCUT2D eigenvalue weighted by Gasteiger charge is 2.06. The molecule has 10 heavy (non-hydrogen) atoms. The number of aromatic nitrogens is 2. The minimum absolute atomic E-state index is 0.341. The van der Waals surface area contributed by atoms with E-state index in [1.54, 1.807) is 0 Å². The molecule has 56 valence electrons. The van der Waals surface area contributed by atoms with Gasteiger partial charge in [0.05, 0.1) is 0 Å². The minimum atomic E-state index is 0.341. The zero-order valence-electron chi connectivity index (χ0n) is 6.59. The second-order valence-electron chi connectivity index (χ2n) is 2.54. The van der Waals surface area contributed by atoms with Crippen LogP contribution in [-0.4, -0.2) is 10.2 Å². The van der Waals surface area contributed by atoms with E-state index in [9.17, 15) is 0 Å². The quantitative estimate of drug-likeness (QED) is 0.628. The lowest BCUT2D eigenvalue weighted by Gasteiger charge is -1.92. The van der Waals surface area contributed by atoms with E-state index in [0.717, 1.165) is 18.2 Å². The molecule has 1 aromatic rings. The molecule has 0 spiro atoms. The van der Waals surface area contributed by atoms with Crippen molar-refractivity contribution in [3.63, 3.8) is 0 Å². The molecule has 0 radical (unpaired) electrons. The molecule has 3 nitrogen and oxygen atoms in total. The van der Waals surface area contributed by atoms with Crippen molar-refractivity contribution in [1.82, 2.24) is 10.2 Å². The number of rotatable bonds is 2. The minimum Gasteiger partial charge on any atom is -0.425 e. The largest absolute Gasteiger partial charge is 0.425 e. The molecule has 0 saturated carbocycles. The maximum absolute atomic E-state index is 5.27. The Morgan fingerprint density at radius 3 is 2.40 bits per heavy atom. The highest BCUT2D eigenvalue weighted by molar-refractivity contribution is 4.86. The fraction of sp³-hybridized carbons (Fsp3) is 0.714. The van der Waals surface area contributed by atoms with E-state index in [1.165, 1.54) is 0 Å². The first-order valence-corrected chi connectivity index (χ1v) is 3.56. The van der Waals surface area contributed by atoms with Crippen LogP contribution in [0.1, 0.15) is 38.5 Å². The molecular formula is C7H12N2O. The van der Waals surface area contributed by atoms with Crippen molar-refractivity contribution >= 4 is 0 Å². The van der Waals surface area contributed by atoms with Crippen molar-refractivity contribution in [2.45, 2.75) is 33.1 Å². The first kappa shape index (κ1) is 7.25. The number of nitrogens with zero attached hydrogens (tertiary/aromatic N) is 2. The Bertz CT molecular complexity index is 205. The van der Waals surface area contributed by atoms with Gasteiger partial charge in [-0.2, -0.15) is 0 Å². The lowest BCUT2D eigenvalue weighted by Crippen LogP contribution is -1.85. The Morgan fingerprint density at radius 1 is 1.40 bits per heavy atom. The first-order valence-electron chi connectivity index (χ1n) is 3.56. The summed E-state index contributed by atoms with van der Waals surface area (Å²) in [5.74, 6) is 1.80. The van der Waals surface area contributed by atoms with Crippen LogP contribution >= 0.6 is 0 Å². The van der Waals surface area contributed by atoms with Gasteiger partial charge in [0.15, 0.2) is 0 Å². The van der Waals surface area contributed by atoms with E-state index in [-0.39, 0.29) is 0 Å². The molecular weight excluding hydrogens is 128 g/mol. The fourth-order valence-electron chi connectivity index (χ4n) is 0.643. The fourth-order valence-corrected chi connectivity index (χ4v) is 0.643. The molecule has 0 aliphatic carbocycles. The zero-order chi connectivity index (χ0) is 7.56. The summed E-state index contributed by atoms with van der Waals surface area (Å²) in [5, 5.41) is 7.71.